The summed E-state index contributed by atoms with van der Waals surface area (Å²) in [6.45, 7) is 1.39. The van der Waals surface area contributed by atoms with Gasteiger partial charge < -0.3 is 4.90 Å². The maximum absolute atomic E-state index is 14.4. The van der Waals surface area contributed by atoms with Crippen molar-refractivity contribution in [3.8, 4) is 5.69 Å². The molecule has 0 bridgehead atoms. The number of carbonyl (C=O) groups is 1. The molecule has 1 unspecified atom stereocenters. The first-order chi connectivity index (χ1) is 13.6. The summed E-state index contributed by atoms with van der Waals surface area (Å²) in [5, 5.41) is 11.1. The van der Waals surface area contributed by atoms with Crippen LogP contribution in [0.15, 0.2) is 53.4 Å². The number of carbonyl (C=O) groups excluding carboxylic acids is 1. The summed E-state index contributed by atoms with van der Waals surface area (Å²) < 4.78 is 16.7. The highest BCUT2D eigenvalue weighted by atomic mass is 79.9. The van der Waals surface area contributed by atoms with Crippen molar-refractivity contribution in [1.29, 1.82) is 0 Å². The molecular formula is C20H19BrFN5O. The maximum Gasteiger partial charge on any atom is 0.246 e. The lowest BCUT2D eigenvalue weighted by Crippen LogP contribution is -2.38. The summed E-state index contributed by atoms with van der Waals surface area (Å²) in [5.41, 5.74) is 2.04. The van der Waals surface area contributed by atoms with E-state index in [9.17, 15) is 9.18 Å². The lowest BCUT2D eigenvalue weighted by atomic mass is 9.95. The van der Waals surface area contributed by atoms with E-state index in [-0.39, 0.29) is 11.8 Å². The average Bonchev–Trinajstić information content (AvgIpc) is 3.38. The topological polar surface area (TPSA) is 66.8 Å². The van der Waals surface area contributed by atoms with Crippen molar-refractivity contribution in [1.82, 2.24) is 24.9 Å². The molecule has 0 aliphatic carbocycles. The van der Waals surface area contributed by atoms with Gasteiger partial charge in [0, 0.05) is 43.2 Å². The predicted molar refractivity (Wildman–Crippen MR) is 107 cm³/mol. The van der Waals surface area contributed by atoms with E-state index in [0.29, 0.717) is 17.8 Å². The van der Waals surface area contributed by atoms with E-state index in [1.54, 1.807) is 36.8 Å². The number of rotatable bonds is 4. The fourth-order valence-corrected chi connectivity index (χ4v) is 3.73. The van der Waals surface area contributed by atoms with Crippen LogP contribution in [0.5, 0.6) is 0 Å². The van der Waals surface area contributed by atoms with Gasteiger partial charge in [-0.25, -0.2) is 9.07 Å². The molecule has 28 heavy (non-hydrogen) atoms. The van der Waals surface area contributed by atoms with Crippen molar-refractivity contribution in [2.75, 3.05) is 13.1 Å². The molecule has 1 aromatic carbocycles. The van der Waals surface area contributed by atoms with Crippen LogP contribution in [0.25, 0.3) is 11.8 Å². The second kappa shape index (κ2) is 8.10. The Morgan fingerprint density at radius 2 is 2.25 bits per heavy atom. The van der Waals surface area contributed by atoms with Crippen LogP contribution in [-0.2, 0) is 4.79 Å². The van der Waals surface area contributed by atoms with Gasteiger partial charge in [-0.15, -0.1) is 0 Å². The van der Waals surface area contributed by atoms with E-state index >= 15 is 0 Å². The SMILES string of the molecule is O=C(/C=C/c1ccc(-n2cc(Br)cn2)c(F)c1)N1CCCC(c2ccn[nH]2)C1. The molecule has 0 spiro atoms. The van der Waals surface area contributed by atoms with Crippen molar-refractivity contribution >= 4 is 27.9 Å². The summed E-state index contributed by atoms with van der Waals surface area (Å²) in [4.78, 5) is 14.4. The van der Waals surface area contributed by atoms with Gasteiger partial charge in [0.1, 0.15) is 11.5 Å². The van der Waals surface area contributed by atoms with Crippen LogP contribution in [0.2, 0.25) is 0 Å². The van der Waals surface area contributed by atoms with Gasteiger partial charge >= 0.3 is 0 Å². The summed E-state index contributed by atoms with van der Waals surface area (Å²) >= 11 is 3.30. The van der Waals surface area contributed by atoms with E-state index in [1.807, 2.05) is 11.0 Å². The van der Waals surface area contributed by atoms with Gasteiger partial charge in [-0.05, 0) is 58.6 Å². The van der Waals surface area contributed by atoms with Crippen LogP contribution in [-0.4, -0.2) is 43.9 Å². The Balaban J connectivity index is 1.43. The van der Waals surface area contributed by atoms with E-state index in [0.717, 1.165) is 29.6 Å². The zero-order chi connectivity index (χ0) is 19.5. The van der Waals surface area contributed by atoms with Gasteiger partial charge in [-0.1, -0.05) is 6.07 Å². The zero-order valence-corrected chi connectivity index (χ0v) is 16.6. The first kappa shape index (κ1) is 18.6. The van der Waals surface area contributed by atoms with Gasteiger partial charge in [0.15, 0.2) is 0 Å². The molecule has 0 saturated carbocycles. The Hall–Kier alpha value is -2.74. The molecule has 1 aliphatic heterocycles. The van der Waals surface area contributed by atoms with Crippen molar-refractivity contribution < 1.29 is 9.18 Å². The molecule has 1 saturated heterocycles. The number of piperidine rings is 1. The second-order valence-corrected chi connectivity index (χ2v) is 7.70. The van der Waals surface area contributed by atoms with Crippen LogP contribution in [0.1, 0.15) is 30.0 Å². The summed E-state index contributed by atoms with van der Waals surface area (Å²) in [5.74, 6) is -0.189. The quantitative estimate of drug-likeness (QED) is 0.621. The largest absolute Gasteiger partial charge is 0.338 e. The minimum atomic E-state index is -0.400. The molecular weight excluding hydrogens is 425 g/mol. The first-order valence-electron chi connectivity index (χ1n) is 9.06. The molecule has 3 aromatic rings. The smallest absolute Gasteiger partial charge is 0.246 e. The molecule has 4 rings (SSSR count). The Kier molecular flexibility index (Phi) is 5.38. The Labute approximate surface area is 170 Å². The number of aromatic amines is 1. The highest BCUT2D eigenvalue weighted by Gasteiger charge is 2.24. The molecule has 1 atom stereocenters. The molecule has 1 N–H and O–H groups in total. The third kappa shape index (κ3) is 4.06. The maximum atomic E-state index is 14.4. The fraction of sp³-hybridized carbons (Fsp3) is 0.250. The number of hydrogen-bond donors (Lipinski definition) is 1. The van der Waals surface area contributed by atoms with Gasteiger partial charge in [0.05, 0.1) is 10.7 Å². The molecule has 6 nitrogen and oxygen atoms in total. The Morgan fingerprint density at radius 1 is 1.36 bits per heavy atom. The van der Waals surface area contributed by atoms with Gasteiger partial charge in [0.2, 0.25) is 5.91 Å². The number of likely N-dealkylation sites (tertiary alicyclic amines) is 1. The van der Waals surface area contributed by atoms with Crippen LogP contribution in [0.4, 0.5) is 4.39 Å². The fourth-order valence-electron chi connectivity index (χ4n) is 3.44. The van der Waals surface area contributed by atoms with Crippen molar-refractivity contribution in [2.24, 2.45) is 0 Å². The van der Waals surface area contributed by atoms with Gasteiger partial charge in [0.25, 0.3) is 0 Å². The van der Waals surface area contributed by atoms with Crippen molar-refractivity contribution in [3.05, 3.63) is 70.5 Å². The number of nitrogens with zero attached hydrogens (tertiary/aromatic N) is 4. The number of H-pyrrole nitrogens is 1. The molecule has 3 heterocycles. The molecule has 1 amide bonds. The number of aromatic nitrogens is 4. The van der Waals surface area contributed by atoms with E-state index in [1.165, 1.54) is 16.8 Å². The normalized spacial score (nSPS) is 17.4. The van der Waals surface area contributed by atoms with Crippen LogP contribution in [0, 0.1) is 5.82 Å². The average molecular weight is 444 g/mol. The number of hydrogen-bond acceptors (Lipinski definition) is 3. The zero-order valence-electron chi connectivity index (χ0n) is 15.1. The van der Waals surface area contributed by atoms with Gasteiger partial charge in [-0.2, -0.15) is 10.2 Å². The Morgan fingerprint density at radius 3 is 2.96 bits per heavy atom. The second-order valence-electron chi connectivity index (χ2n) is 6.78. The summed E-state index contributed by atoms with van der Waals surface area (Å²) in [6.07, 6.45) is 10.2. The lowest BCUT2D eigenvalue weighted by molar-refractivity contribution is -0.127. The Bertz CT molecular complexity index is 998. The van der Waals surface area contributed by atoms with Crippen molar-refractivity contribution in [2.45, 2.75) is 18.8 Å². The molecule has 8 heteroatoms. The highest BCUT2D eigenvalue weighted by Crippen LogP contribution is 2.25. The van der Waals surface area contributed by atoms with Gasteiger partial charge in [-0.3, -0.25) is 9.89 Å². The number of halogens is 2. The predicted octanol–water partition coefficient (Wildman–Crippen LogP) is 3.92. The number of nitrogens with one attached hydrogen (secondary N) is 1. The standard InChI is InChI=1S/C20H19BrFN5O/c21-16-11-24-27(13-16)19-5-3-14(10-17(19)22)4-6-20(28)26-9-1-2-15(12-26)18-7-8-23-25-18/h3-8,10-11,13,15H,1-2,9,12H2,(H,23,25)/b6-4+. The highest BCUT2D eigenvalue weighted by molar-refractivity contribution is 9.10. The molecule has 1 aliphatic rings. The van der Waals surface area contributed by atoms with E-state index in [2.05, 4.69) is 31.2 Å². The third-order valence-corrected chi connectivity index (χ3v) is 5.29. The molecule has 1 fully saturated rings. The van der Waals surface area contributed by atoms with Crippen LogP contribution < -0.4 is 0 Å². The van der Waals surface area contributed by atoms with Crippen LogP contribution >= 0.6 is 15.9 Å². The lowest BCUT2D eigenvalue weighted by Gasteiger charge is -2.31. The molecule has 0 radical (unpaired) electrons. The third-order valence-electron chi connectivity index (χ3n) is 4.88. The van der Waals surface area contributed by atoms with Crippen molar-refractivity contribution in [3.63, 3.8) is 0 Å². The minimum absolute atomic E-state index is 0.0651. The van der Waals surface area contributed by atoms with E-state index in [4.69, 9.17) is 0 Å². The number of amides is 1. The number of benzene rings is 1. The monoisotopic (exact) mass is 443 g/mol. The first-order valence-corrected chi connectivity index (χ1v) is 9.86. The minimum Gasteiger partial charge on any atom is -0.338 e. The molecule has 144 valence electrons. The van der Waals surface area contributed by atoms with Crippen LogP contribution in [0.3, 0.4) is 0 Å². The molecule has 2 aromatic heterocycles. The van der Waals surface area contributed by atoms with E-state index < -0.39 is 5.82 Å². The summed E-state index contributed by atoms with van der Waals surface area (Å²) in [7, 11) is 0. The summed E-state index contributed by atoms with van der Waals surface area (Å²) in [6, 6.07) is 6.77.